The molecule has 0 fully saturated rings. The van der Waals surface area contributed by atoms with Crippen molar-refractivity contribution in [2.24, 2.45) is 5.73 Å². The fourth-order valence-electron chi connectivity index (χ4n) is 3.79. The molecule has 1 aliphatic heterocycles. The Bertz CT molecular complexity index is 1240. The molecule has 1 aromatic carbocycles. The smallest absolute Gasteiger partial charge is 0.259 e. The molecule has 7 nitrogen and oxygen atoms in total. The maximum atomic E-state index is 13.6. The van der Waals surface area contributed by atoms with Gasteiger partial charge in [-0.3, -0.25) is 9.78 Å². The molecular formula is C24H22N4O3. The number of pyridine rings is 2. The molecule has 0 aliphatic carbocycles. The van der Waals surface area contributed by atoms with E-state index in [0.29, 0.717) is 35.9 Å². The average Bonchev–Trinajstić information content (AvgIpc) is 2.77. The molecule has 0 unspecified atom stereocenters. The third-order valence-corrected chi connectivity index (χ3v) is 5.26. The monoisotopic (exact) mass is 414 g/mol. The van der Waals surface area contributed by atoms with Crippen molar-refractivity contribution in [2.45, 2.75) is 26.3 Å². The van der Waals surface area contributed by atoms with Crippen LogP contribution in [0.3, 0.4) is 0 Å². The summed E-state index contributed by atoms with van der Waals surface area (Å²) in [5.74, 6) is 0.461. The Morgan fingerprint density at radius 2 is 2.03 bits per heavy atom. The topological polar surface area (TPSA) is 103 Å². The summed E-state index contributed by atoms with van der Waals surface area (Å²) in [5, 5.41) is 9.80. The Morgan fingerprint density at radius 3 is 2.68 bits per heavy atom. The number of fused-ring (bicyclic) bond motifs is 1. The molecule has 31 heavy (non-hydrogen) atoms. The van der Waals surface area contributed by atoms with Gasteiger partial charge >= 0.3 is 0 Å². The molecule has 0 saturated carbocycles. The van der Waals surface area contributed by atoms with E-state index in [-0.39, 0.29) is 17.0 Å². The number of ether oxygens (including phenoxy) is 2. The first-order valence-corrected chi connectivity index (χ1v) is 9.98. The third-order valence-electron chi connectivity index (χ3n) is 5.26. The lowest BCUT2D eigenvalue weighted by molar-refractivity contribution is 0.340. The van der Waals surface area contributed by atoms with Gasteiger partial charge < -0.3 is 19.8 Å². The summed E-state index contributed by atoms with van der Waals surface area (Å²) < 4.78 is 12.9. The summed E-state index contributed by atoms with van der Waals surface area (Å²) in [7, 11) is 0. The normalized spacial score (nSPS) is 15.1. The number of allylic oxidation sites excluding steroid dienone is 1. The van der Waals surface area contributed by atoms with E-state index < -0.39 is 5.92 Å². The van der Waals surface area contributed by atoms with Gasteiger partial charge in [-0.25, -0.2) is 0 Å². The van der Waals surface area contributed by atoms with Crippen LogP contribution < -0.4 is 20.8 Å². The molecule has 0 radical (unpaired) electrons. The van der Waals surface area contributed by atoms with Gasteiger partial charge in [-0.1, -0.05) is 18.2 Å². The van der Waals surface area contributed by atoms with E-state index in [1.54, 1.807) is 16.8 Å². The van der Waals surface area contributed by atoms with Crippen molar-refractivity contribution in [2.75, 3.05) is 6.61 Å². The van der Waals surface area contributed by atoms with Crippen LogP contribution in [0, 0.1) is 18.3 Å². The second-order valence-corrected chi connectivity index (χ2v) is 7.20. The maximum absolute atomic E-state index is 13.6. The summed E-state index contributed by atoms with van der Waals surface area (Å²) in [5.41, 5.74) is 8.66. The first kappa shape index (κ1) is 20.2. The highest BCUT2D eigenvalue weighted by Crippen LogP contribution is 2.40. The quantitative estimate of drug-likeness (QED) is 0.688. The van der Waals surface area contributed by atoms with Gasteiger partial charge in [-0.2, -0.15) is 5.26 Å². The molecule has 0 saturated heterocycles. The second-order valence-electron chi connectivity index (χ2n) is 7.20. The SMILES string of the molecule is CCOc1ccc([C@H]2C(C#N)=C(N)Oc3cc(C)n(Cc4ccccn4)c(=O)c32)cc1. The highest BCUT2D eigenvalue weighted by atomic mass is 16.5. The number of nitriles is 1. The Labute approximate surface area is 180 Å². The Balaban J connectivity index is 1.87. The van der Waals surface area contributed by atoms with Crippen molar-refractivity contribution >= 4 is 0 Å². The molecule has 3 heterocycles. The number of aryl methyl sites for hydroxylation is 1. The number of nitrogens with zero attached hydrogens (tertiary/aromatic N) is 3. The largest absolute Gasteiger partial charge is 0.494 e. The minimum Gasteiger partial charge on any atom is -0.494 e. The van der Waals surface area contributed by atoms with E-state index in [1.165, 1.54) is 0 Å². The lowest BCUT2D eigenvalue weighted by Gasteiger charge is -2.27. The Morgan fingerprint density at radius 1 is 1.26 bits per heavy atom. The number of aromatic nitrogens is 2. The van der Waals surface area contributed by atoms with Gasteiger partial charge in [0, 0.05) is 18.0 Å². The van der Waals surface area contributed by atoms with E-state index in [4.69, 9.17) is 15.2 Å². The minimum absolute atomic E-state index is 0.00941. The fourth-order valence-corrected chi connectivity index (χ4v) is 3.79. The fraction of sp³-hybridized carbons (Fsp3) is 0.208. The van der Waals surface area contributed by atoms with Crippen molar-refractivity contribution in [3.8, 4) is 17.6 Å². The number of hydrogen-bond donors (Lipinski definition) is 1. The number of rotatable bonds is 5. The summed E-state index contributed by atoms with van der Waals surface area (Å²) in [6.45, 7) is 4.61. The zero-order valence-corrected chi connectivity index (χ0v) is 17.3. The molecular weight excluding hydrogens is 392 g/mol. The predicted molar refractivity (Wildman–Crippen MR) is 116 cm³/mol. The van der Waals surface area contributed by atoms with Crippen molar-refractivity contribution in [1.29, 1.82) is 5.26 Å². The summed E-state index contributed by atoms with van der Waals surface area (Å²) in [6.07, 6.45) is 1.69. The van der Waals surface area contributed by atoms with E-state index in [2.05, 4.69) is 11.1 Å². The van der Waals surface area contributed by atoms with Gasteiger partial charge in [0.1, 0.15) is 23.1 Å². The molecule has 7 heteroatoms. The van der Waals surface area contributed by atoms with Crippen molar-refractivity contribution < 1.29 is 9.47 Å². The molecule has 156 valence electrons. The van der Waals surface area contributed by atoms with Gasteiger partial charge in [-0.05, 0) is 43.7 Å². The first-order chi connectivity index (χ1) is 15.0. The molecule has 3 aromatic rings. The van der Waals surface area contributed by atoms with E-state index in [9.17, 15) is 10.1 Å². The maximum Gasteiger partial charge on any atom is 0.259 e. The van der Waals surface area contributed by atoms with Crippen LogP contribution in [0.25, 0.3) is 0 Å². The van der Waals surface area contributed by atoms with E-state index in [1.807, 2.05) is 56.3 Å². The second kappa shape index (κ2) is 8.36. The Hall–Kier alpha value is -4.05. The van der Waals surface area contributed by atoms with Crippen LogP contribution in [0.5, 0.6) is 11.5 Å². The molecule has 1 aliphatic rings. The van der Waals surface area contributed by atoms with Crippen LogP contribution >= 0.6 is 0 Å². The molecule has 0 spiro atoms. The van der Waals surface area contributed by atoms with Gasteiger partial charge in [0.05, 0.1) is 30.3 Å². The van der Waals surface area contributed by atoms with Crippen molar-refractivity contribution in [3.05, 3.63) is 99.1 Å². The zero-order chi connectivity index (χ0) is 22.0. The predicted octanol–water partition coefficient (Wildman–Crippen LogP) is 3.22. The van der Waals surface area contributed by atoms with Crippen LogP contribution in [-0.4, -0.2) is 16.2 Å². The average molecular weight is 414 g/mol. The number of nitrogens with two attached hydrogens (primary N) is 1. The number of benzene rings is 1. The van der Waals surface area contributed by atoms with Crippen molar-refractivity contribution in [3.63, 3.8) is 0 Å². The van der Waals surface area contributed by atoms with Crippen LogP contribution in [0.2, 0.25) is 0 Å². The van der Waals surface area contributed by atoms with Crippen molar-refractivity contribution in [1.82, 2.24) is 9.55 Å². The van der Waals surface area contributed by atoms with Gasteiger partial charge in [-0.15, -0.1) is 0 Å². The molecule has 2 N–H and O–H groups in total. The lowest BCUT2D eigenvalue weighted by Crippen LogP contribution is -2.33. The highest BCUT2D eigenvalue weighted by molar-refractivity contribution is 5.55. The van der Waals surface area contributed by atoms with Crippen LogP contribution in [0.4, 0.5) is 0 Å². The number of hydrogen-bond acceptors (Lipinski definition) is 6. The van der Waals surface area contributed by atoms with E-state index >= 15 is 0 Å². The summed E-state index contributed by atoms with van der Waals surface area (Å²) in [6, 6.07) is 16.8. The van der Waals surface area contributed by atoms with Crippen LogP contribution in [-0.2, 0) is 6.54 Å². The molecule has 4 rings (SSSR count). The van der Waals surface area contributed by atoms with Gasteiger partial charge in [0.15, 0.2) is 0 Å². The lowest BCUT2D eigenvalue weighted by atomic mass is 9.84. The molecule has 2 aromatic heterocycles. The molecule has 0 amide bonds. The summed E-state index contributed by atoms with van der Waals surface area (Å²) >= 11 is 0. The first-order valence-electron chi connectivity index (χ1n) is 9.98. The molecule has 1 atom stereocenters. The summed E-state index contributed by atoms with van der Waals surface area (Å²) in [4.78, 5) is 17.9. The van der Waals surface area contributed by atoms with E-state index in [0.717, 1.165) is 11.3 Å². The standard InChI is InChI=1S/C24H22N4O3/c1-3-30-18-9-7-16(8-10-18)21-19(13-25)23(26)31-20-12-15(2)28(24(29)22(20)21)14-17-6-4-5-11-27-17/h4-12,21H,3,14,26H2,1-2H3/t21-/m0/s1. The third kappa shape index (κ3) is 3.76. The minimum atomic E-state index is -0.632. The van der Waals surface area contributed by atoms with Crippen LogP contribution in [0.1, 0.15) is 35.4 Å². The zero-order valence-electron chi connectivity index (χ0n) is 17.3. The highest BCUT2D eigenvalue weighted by Gasteiger charge is 2.34. The van der Waals surface area contributed by atoms with Gasteiger partial charge in [0.25, 0.3) is 5.56 Å². The van der Waals surface area contributed by atoms with Gasteiger partial charge in [0.2, 0.25) is 5.88 Å². The van der Waals surface area contributed by atoms with Crippen LogP contribution in [0.15, 0.2) is 71.0 Å². The molecule has 0 bridgehead atoms. The Kier molecular flexibility index (Phi) is 5.46.